The highest BCUT2D eigenvalue weighted by molar-refractivity contribution is 7.89. The minimum atomic E-state index is -3.75. The first kappa shape index (κ1) is 15.6. The Kier molecular flexibility index (Phi) is 4.40. The summed E-state index contributed by atoms with van der Waals surface area (Å²) in [5.41, 5.74) is 2.78. The lowest BCUT2D eigenvalue weighted by atomic mass is 10.1. The Morgan fingerprint density at radius 1 is 1.43 bits per heavy atom. The van der Waals surface area contributed by atoms with E-state index < -0.39 is 16.0 Å². The van der Waals surface area contributed by atoms with E-state index in [2.05, 4.69) is 4.98 Å². The van der Waals surface area contributed by atoms with Crippen molar-refractivity contribution in [2.75, 3.05) is 7.05 Å². The smallest absolute Gasteiger partial charge is 0.335 e. The van der Waals surface area contributed by atoms with Crippen molar-refractivity contribution < 1.29 is 18.3 Å². The molecule has 1 heterocycles. The van der Waals surface area contributed by atoms with Crippen LogP contribution in [-0.2, 0) is 16.6 Å². The van der Waals surface area contributed by atoms with Gasteiger partial charge < -0.3 is 5.11 Å². The zero-order chi connectivity index (χ0) is 15.6. The molecule has 0 spiro atoms. The molecule has 2 rings (SSSR count). The summed E-state index contributed by atoms with van der Waals surface area (Å²) in [6, 6.07) is 4.09. The quantitative estimate of drug-likeness (QED) is 0.907. The molecule has 0 aliphatic heterocycles. The van der Waals surface area contributed by atoms with Crippen LogP contribution in [0.1, 0.15) is 21.6 Å². The zero-order valence-corrected chi connectivity index (χ0v) is 13.1. The Hall–Kier alpha value is -1.77. The molecule has 0 atom stereocenters. The molecule has 1 aromatic heterocycles. The van der Waals surface area contributed by atoms with E-state index in [1.807, 2.05) is 0 Å². The monoisotopic (exact) mass is 326 g/mol. The molecule has 112 valence electrons. The Balaban J connectivity index is 2.35. The third-order valence-electron chi connectivity index (χ3n) is 3.02. The Labute approximate surface area is 126 Å². The minimum Gasteiger partial charge on any atom is -0.478 e. The molecular weight excluding hydrogens is 312 g/mol. The molecule has 0 amide bonds. The lowest BCUT2D eigenvalue weighted by Crippen LogP contribution is -2.27. The zero-order valence-electron chi connectivity index (χ0n) is 11.5. The van der Waals surface area contributed by atoms with Gasteiger partial charge in [0.25, 0.3) is 0 Å². The third-order valence-corrected chi connectivity index (χ3v) is 5.45. The highest BCUT2D eigenvalue weighted by Gasteiger charge is 2.23. The summed E-state index contributed by atoms with van der Waals surface area (Å²) in [5, 5.41) is 10.9. The van der Waals surface area contributed by atoms with Gasteiger partial charge in [0.05, 0.1) is 28.2 Å². The molecule has 0 saturated heterocycles. The predicted molar refractivity (Wildman–Crippen MR) is 78.9 cm³/mol. The van der Waals surface area contributed by atoms with Crippen LogP contribution in [0.5, 0.6) is 0 Å². The van der Waals surface area contributed by atoms with E-state index in [0.717, 1.165) is 4.31 Å². The van der Waals surface area contributed by atoms with Crippen molar-refractivity contribution >= 4 is 27.3 Å². The molecule has 0 unspecified atom stereocenters. The van der Waals surface area contributed by atoms with Crippen LogP contribution < -0.4 is 0 Å². The molecule has 0 bridgehead atoms. The average molecular weight is 326 g/mol. The molecule has 1 aromatic carbocycles. The molecule has 0 aliphatic rings. The summed E-state index contributed by atoms with van der Waals surface area (Å²) in [4.78, 5) is 15.1. The van der Waals surface area contributed by atoms with Gasteiger partial charge in [-0.05, 0) is 24.6 Å². The molecule has 21 heavy (non-hydrogen) atoms. The van der Waals surface area contributed by atoms with E-state index in [1.54, 1.807) is 17.8 Å². The molecule has 8 heteroatoms. The van der Waals surface area contributed by atoms with E-state index in [4.69, 9.17) is 5.11 Å². The number of hydrogen-bond acceptors (Lipinski definition) is 5. The van der Waals surface area contributed by atoms with Gasteiger partial charge in [-0.15, -0.1) is 11.3 Å². The average Bonchev–Trinajstić information content (AvgIpc) is 2.91. The van der Waals surface area contributed by atoms with Crippen LogP contribution in [0.3, 0.4) is 0 Å². The number of aromatic nitrogens is 1. The molecule has 0 saturated carbocycles. The van der Waals surface area contributed by atoms with Gasteiger partial charge in [-0.2, -0.15) is 4.31 Å². The topological polar surface area (TPSA) is 87.6 Å². The fraction of sp³-hybridized carbons (Fsp3) is 0.231. The first-order valence-corrected chi connectivity index (χ1v) is 8.38. The number of benzene rings is 1. The maximum Gasteiger partial charge on any atom is 0.335 e. The van der Waals surface area contributed by atoms with E-state index in [0.29, 0.717) is 11.3 Å². The molecular formula is C13H14N2O4S2. The van der Waals surface area contributed by atoms with E-state index in [-0.39, 0.29) is 17.0 Å². The number of hydrogen-bond donors (Lipinski definition) is 1. The fourth-order valence-electron chi connectivity index (χ4n) is 1.80. The normalized spacial score (nSPS) is 11.8. The van der Waals surface area contributed by atoms with Crippen LogP contribution in [0.25, 0.3) is 0 Å². The Morgan fingerprint density at radius 3 is 2.71 bits per heavy atom. The van der Waals surface area contributed by atoms with Crippen molar-refractivity contribution in [3.05, 3.63) is 45.9 Å². The van der Waals surface area contributed by atoms with Gasteiger partial charge >= 0.3 is 5.97 Å². The Bertz CT molecular complexity index is 754. The number of thiazole rings is 1. The second kappa shape index (κ2) is 5.92. The predicted octanol–water partition coefficient (Wildman–Crippen LogP) is 1.97. The van der Waals surface area contributed by atoms with Gasteiger partial charge in [-0.25, -0.2) is 18.2 Å². The lowest BCUT2D eigenvalue weighted by Gasteiger charge is -2.16. The van der Waals surface area contributed by atoms with Crippen molar-refractivity contribution in [2.24, 2.45) is 0 Å². The fourth-order valence-corrected chi connectivity index (χ4v) is 3.52. The van der Waals surface area contributed by atoms with Gasteiger partial charge in [0.1, 0.15) is 0 Å². The number of rotatable bonds is 5. The van der Waals surface area contributed by atoms with Gasteiger partial charge in [0.2, 0.25) is 10.0 Å². The van der Waals surface area contributed by atoms with Crippen LogP contribution in [0.15, 0.2) is 34.0 Å². The SMILES string of the molecule is Cc1ccc(S(=O)(=O)N(C)Cc2cscn2)cc1C(=O)O. The highest BCUT2D eigenvalue weighted by atomic mass is 32.2. The maximum atomic E-state index is 12.5. The number of sulfonamides is 1. The Morgan fingerprint density at radius 2 is 2.14 bits per heavy atom. The molecule has 0 fully saturated rings. The molecule has 6 nitrogen and oxygen atoms in total. The van der Waals surface area contributed by atoms with Crippen LogP contribution in [0.2, 0.25) is 0 Å². The number of nitrogens with zero attached hydrogens (tertiary/aromatic N) is 2. The van der Waals surface area contributed by atoms with Gasteiger partial charge in [-0.1, -0.05) is 6.07 Å². The molecule has 1 N–H and O–H groups in total. The summed E-state index contributed by atoms with van der Waals surface area (Å²) in [7, 11) is -2.31. The standard InChI is InChI=1S/C13H14N2O4S2/c1-9-3-4-11(5-12(9)13(16)17)21(18,19)15(2)6-10-7-20-8-14-10/h3-5,7-8H,6H2,1-2H3,(H,16,17). The van der Waals surface area contributed by atoms with E-state index in [9.17, 15) is 13.2 Å². The van der Waals surface area contributed by atoms with Crippen LogP contribution in [0.4, 0.5) is 0 Å². The van der Waals surface area contributed by atoms with Crippen molar-refractivity contribution in [2.45, 2.75) is 18.4 Å². The third kappa shape index (κ3) is 3.29. The summed E-state index contributed by atoms with van der Waals surface area (Å²) < 4.78 is 26.1. The first-order valence-electron chi connectivity index (χ1n) is 5.99. The summed E-state index contributed by atoms with van der Waals surface area (Å²) >= 11 is 1.39. The van der Waals surface area contributed by atoms with Gasteiger partial charge in [0.15, 0.2) is 0 Å². The van der Waals surface area contributed by atoms with Crippen molar-refractivity contribution in [3.63, 3.8) is 0 Å². The summed E-state index contributed by atoms with van der Waals surface area (Å²) in [6.07, 6.45) is 0. The van der Waals surface area contributed by atoms with Gasteiger partial charge in [0, 0.05) is 12.4 Å². The number of carbonyl (C=O) groups is 1. The van der Waals surface area contributed by atoms with Crippen molar-refractivity contribution in [3.8, 4) is 0 Å². The number of aromatic carboxylic acids is 1. The first-order chi connectivity index (χ1) is 9.82. The van der Waals surface area contributed by atoms with Crippen LogP contribution in [-0.4, -0.2) is 35.8 Å². The second-order valence-electron chi connectivity index (χ2n) is 4.52. The lowest BCUT2D eigenvalue weighted by molar-refractivity contribution is 0.0696. The van der Waals surface area contributed by atoms with Crippen molar-refractivity contribution in [1.29, 1.82) is 0 Å². The number of aryl methyl sites for hydroxylation is 1. The maximum absolute atomic E-state index is 12.5. The second-order valence-corrected chi connectivity index (χ2v) is 7.29. The molecule has 0 aliphatic carbocycles. The number of carboxylic acids is 1. The summed E-state index contributed by atoms with van der Waals surface area (Å²) in [5.74, 6) is -1.15. The number of carboxylic acid groups (broad SMARTS) is 1. The highest BCUT2D eigenvalue weighted by Crippen LogP contribution is 2.20. The van der Waals surface area contributed by atoms with Gasteiger partial charge in [-0.3, -0.25) is 0 Å². The van der Waals surface area contributed by atoms with E-state index in [1.165, 1.54) is 36.6 Å². The van der Waals surface area contributed by atoms with Crippen LogP contribution in [0, 0.1) is 6.92 Å². The van der Waals surface area contributed by atoms with Crippen LogP contribution >= 0.6 is 11.3 Å². The van der Waals surface area contributed by atoms with E-state index >= 15 is 0 Å². The minimum absolute atomic E-state index is 0.0156. The largest absolute Gasteiger partial charge is 0.478 e. The van der Waals surface area contributed by atoms with Crippen molar-refractivity contribution in [1.82, 2.24) is 9.29 Å². The molecule has 0 radical (unpaired) electrons. The summed E-state index contributed by atoms with van der Waals surface area (Å²) in [6.45, 7) is 1.76. The molecule has 2 aromatic rings.